The van der Waals surface area contributed by atoms with Gasteiger partial charge in [-0.1, -0.05) is 70.2 Å². The summed E-state index contributed by atoms with van der Waals surface area (Å²) in [5.74, 6) is -0.442. The summed E-state index contributed by atoms with van der Waals surface area (Å²) in [6, 6.07) is 10.3. The smallest absolute Gasteiger partial charge is 0.489 e. The van der Waals surface area contributed by atoms with Gasteiger partial charge < -0.3 is 18.9 Å². The molecular formula is C30H37FO6. The standard InChI is InChI=1S/C30H37FO6/c1-4-5-6-7-8-9-10-11-23-12-13-24(16-26(23)31)25-14-15-27(28(17-25)37-29(32)21(2)3)34-18-22-19-35-30(33)36-20-22/h12-17,22H,2,4-11,18-20H2,1,3H3. The molecule has 0 amide bonds. The molecule has 0 bridgehead atoms. The Bertz CT molecular complexity index is 1070. The molecule has 2 aromatic carbocycles. The second-order valence-electron chi connectivity index (χ2n) is 9.56. The van der Waals surface area contributed by atoms with Gasteiger partial charge in [0.2, 0.25) is 0 Å². The van der Waals surface area contributed by atoms with Gasteiger partial charge in [0, 0.05) is 5.57 Å². The Kier molecular flexibility index (Phi) is 11.0. The van der Waals surface area contributed by atoms with Crippen molar-refractivity contribution in [1.29, 1.82) is 0 Å². The Morgan fingerprint density at radius 1 is 0.973 bits per heavy atom. The van der Waals surface area contributed by atoms with E-state index in [0.29, 0.717) is 28.9 Å². The number of aryl methyl sites for hydroxylation is 1. The maximum Gasteiger partial charge on any atom is 0.508 e. The highest BCUT2D eigenvalue weighted by molar-refractivity contribution is 5.89. The quantitative estimate of drug-likeness (QED) is 0.113. The minimum atomic E-state index is -0.697. The lowest BCUT2D eigenvalue weighted by Gasteiger charge is -2.22. The molecule has 0 atom stereocenters. The van der Waals surface area contributed by atoms with Crippen molar-refractivity contribution in [2.75, 3.05) is 19.8 Å². The molecule has 2 aromatic rings. The van der Waals surface area contributed by atoms with Crippen LogP contribution < -0.4 is 9.47 Å². The second kappa shape index (κ2) is 14.4. The molecule has 0 spiro atoms. The van der Waals surface area contributed by atoms with Crippen molar-refractivity contribution in [2.24, 2.45) is 5.92 Å². The van der Waals surface area contributed by atoms with Gasteiger partial charge in [-0.15, -0.1) is 0 Å². The zero-order valence-corrected chi connectivity index (χ0v) is 21.9. The minimum Gasteiger partial charge on any atom is -0.489 e. The molecule has 6 nitrogen and oxygen atoms in total. The van der Waals surface area contributed by atoms with Crippen LogP contribution in [-0.4, -0.2) is 31.9 Å². The number of hydrogen-bond donors (Lipinski definition) is 0. The van der Waals surface area contributed by atoms with Gasteiger partial charge in [0.05, 0.1) is 12.5 Å². The van der Waals surface area contributed by atoms with Crippen LogP contribution in [0.15, 0.2) is 48.6 Å². The van der Waals surface area contributed by atoms with Crippen LogP contribution in [0.2, 0.25) is 0 Å². The van der Waals surface area contributed by atoms with Gasteiger partial charge in [0.1, 0.15) is 19.0 Å². The zero-order valence-electron chi connectivity index (χ0n) is 21.9. The van der Waals surface area contributed by atoms with Crippen LogP contribution in [0.25, 0.3) is 11.1 Å². The van der Waals surface area contributed by atoms with Crippen molar-refractivity contribution >= 4 is 12.1 Å². The van der Waals surface area contributed by atoms with Crippen molar-refractivity contribution in [1.82, 2.24) is 0 Å². The molecule has 0 saturated carbocycles. The fourth-order valence-electron chi connectivity index (χ4n) is 4.04. The van der Waals surface area contributed by atoms with Crippen LogP contribution in [0, 0.1) is 11.7 Å². The topological polar surface area (TPSA) is 71.1 Å². The molecule has 1 aliphatic rings. The van der Waals surface area contributed by atoms with E-state index in [1.54, 1.807) is 25.1 Å². The van der Waals surface area contributed by atoms with E-state index in [9.17, 15) is 14.0 Å². The lowest BCUT2D eigenvalue weighted by atomic mass is 9.99. The summed E-state index contributed by atoms with van der Waals surface area (Å²) in [7, 11) is 0. The summed E-state index contributed by atoms with van der Waals surface area (Å²) in [6.45, 7) is 7.96. The number of ether oxygens (including phenoxy) is 4. The van der Waals surface area contributed by atoms with E-state index < -0.39 is 12.1 Å². The number of esters is 1. The molecule has 7 heteroatoms. The molecule has 0 radical (unpaired) electrons. The monoisotopic (exact) mass is 512 g/mol. The number of rotatable bonds is 14. The average Bonchev–Trinajstić information content (AvgIpc) is 2.89. The first-order valence-corrected chi connectivity index (χ1v) is 13.1. The van der Waals surface area contributed by atoms with Gasteiger partial charge in [0.25, 0.3) is 0 Å². The summed E-state index contributed by atoms with van der Waals surface area (Å²) < 4.78 is 36.0. The van der Waals surface area contributed by atoms with Gasteiger partial charge in [0.15, 0.2) is 11.5 Å². The summed E-state index contributed by atoms with van der Waals surface area (Å²) in [6.07, 6.45) is 8.33. The predicted molar refractivity (Wildman–Crippen MR) is 140 cm³/mol. The van der Waals surface area contributed by atoms with Crippen LogP contribution in [0.3, 0.4) is 0 Å². The normalized spacial score (nSPS) is 13.5. The summed E-state index contributed by atoms with van der Waals surface area (Å²) in [5, 5.41) is 0. The summed E-state index contributed by atoms with van der Waals surface area (Å²) >= 11 is 0. The van der Waals surface area contributed by atoms with E-state index in [4.69, 9.17) is 18.9 Å². The van der Waals surface area contributed by atoms with Gasteiger partial charge in [-0.2, -0.15) is 0 Å². The molecule has 1 aliphatic heterocycles. The van der Waals surface area contributed by atoms with Crippen molar-refractivity contribution in [3.05, 3.63) is 59.9 Å². The van der Waals surface area contributed by atoms with Crippen molar-refractivity contribution in [2.45, 2.75) is 65.2 Å². The maximum atomic E-state index is 14.9. The lowest BCUT2D eigenvalue weighted by molar-refractivity contribution is -0.130. The predicted octanol–water partition coefficient (Wildman–Crippen LogP) is 7.43. The molecule has 0 aromatic heterocycles. The first kappa shape index (κ1) is 28.2. The third-order valence-electron chi connectivity index (χ3n) is 6.28. The van der Waals surface area contributed by atoms with E-state index in [-0.39, 0.29) is 42.9 Å². The van der Waals surface area contributed by atoms with Crippen LogP contribution in [-0.2, 0) is 20.7 Å². The number of carbonyl (C=O) groups is 2. The molecule has 37 heavy (non-hydrogen) atoms. The van der Waals surface area contributed by atoms with Crippen LogP contribution in [0.1, 0.15) is 64.4 Å². The number of cyclic esters (lactones) is 2. The fraction of sp³-hybridized carbons (Fsp3) is 0.467. The molecule has 3 rings (SSSR count). The molecule has 1 fully saturated rings. The highest BCUT2D eigenvalue weighted by Crippen LogP contribution is 2.34. The molecule has 200 valence electrons. The van der Waals surface area contributed by atoms with Gasteiger partial charge in [-0.05, 0) is 54.7 Å². The maximum absolute atomic E-state index is 14.9. The number of benzene rings is 2. The first-order chi connectivity index (χ1) is 17.9. The van der Waals surface area contributed by atoms with E-state index >= 15 is 0 Å². The van der Waals surface area contributed by atoms with Crippen molar-refractivity contribution in [3.8, 4) is 22.6 Å². The molecular weight excluding hydrogens is 475 g/mol. The van der Waals surface area contributed by atoms with Crippen LogP contribution in [0.5, 0.6) is 11.5 Å². The highest BCUT2D eigenvalue weighted by atomic mass is 19.1. The summed E-state index contributed by atoms with van der Waals surface area (Å²) in [5.41, 5.74) is 2.31. The Labute approximate surface area is 218 Å². The van der Waals surface area contributed by atoms with E-state index in [1.165, 1.54) is 38.2 Å². The molecule has 0 aliphatic carbocycles. The minimum absolute atomic E-state index is 0.153. The Morgan fingerprint density at radius 2 is 1.62 bits per heavy atom. The van der Waals surface area contributed by atoms with Crippen LogP contribution >= 0.6 is 0 Å². The van der Waals surface area contributed by atoms with Crippen molar-refractivity contribution < 1.29 is 32.9 Å². The average molecular weight is 513 g/mol. The summed E-state index contributed by atoms with van der Waals surface area (Å²) in [4.78, 5) is 23.3. The fourth-order valence-corrected chi connectivity index (χ4v) is 4.04. The number of hydrogen-bond acceptors (Lipinski definition) is 6. The van der Waals surface area contributed by atoms with Gasteiger partial charge >= 0.3 is 12.1 Å². The molecule has 1 heterocycles. The molecule has 0 unspecified atom stereocenters. The zero-order chi connectivity index (χ0) is 26.6. The largest absolute Gasteiger partial charge is 0.508 e. The van der Waals surface area contributed by atoms with Crippen LogP contribution in [0.4, 0.5) is 9.18 Å². The second-order valence-corrected chi connectivity index (χ2v) is 9.56. The third kappa shape index (κ3) is 8.92. The Morgan fingerprint density at radius 3 is 2.30 bits per heavy atom. The molecule has 1 saturated heterocycles. The number of halogens is 1. The van der Waals surface area contributed by atoms with E-state index in [0.717, 1.165) is 12.8 Å². The first-order valence-electron chi connectivity index (χ1n) is 13.1. The highest BCUT2D eigenvalue weighted by Gasteiger charge is 2.23. The lowest BCUT2D eigenvalue weighted by Crippen LogP contribution is -2.31. The third-order valence-corrected chi connectivity index (χ3v) is 6.28. The Balaban J connectivity index is 1.67. The number of carbonyl (C=O) groups excluding carboxylic acids is 2. The van der Waals surface area contributed by atoms with E-state index in [1.807, 2.05) is 12.1 Å². The molecule has 0 N–H and O–H groups in total. The number of unbranched alkanes of at least 4 members (excludes halogenated alkanes) is 6. The SMILES string of the molecule is C=C(C)C(=O)Oc1cc(-c2ccc(CCCCCCCCC)c(F)c2)ccc1OCC1COC(=O)OC1. The van der Waals surface area contributed by atoms with Crippen molar-refractivity contribution in [3.63, 3.8) is 0 Å². The van der Waals surface area contributed by atoms with Gasteiger partial charge in [-0.25, -0.2) is 14.0 Å². The van der Waals surface area contributed by atoms with Gasteiger partial charge in [-0.3, -0.25) is 0 Å². The Hall–Kier alpha value is -3.35. The van der Waals surface area contributed by atoms with E-state index in [2.05, 4.69) is 13.5 Å².